The zero-order chi connectivity index (χ0) is 13.9. The number of benzene rings is 1. The summed E-state index contributed by atoms with van der Waals surface area (Å²) in [7, 11) is 0. The Morgan fingerprint density at radius 3 is 2.53 bits per heavy atom. The third kappa shape index (κ3) is 4.05. The second kappa shape index (κ2) is 5.64. The van der Waals surface area contributed by atoms with Crippen LogP contribution < -0.4 is 5.32 Å². The van der Waals surface area contributed by atoms with Crippen LogP contribution in [-0.2, 0) is 5.54 Å². The highest BCUT2D eigenvalue weighted by atomic mass is 15.2. The maximum atomic E-state index is 3.70. The van der Waals surface area contributed by atoms with Gasteiger partial charge in [-0.05, 0) is 30.9 Å². The topological polar surface area (TPSA) is 15.3 Å². The summed E-state index contributed by atoms with van der Waals surface area (Å²) in [5, 5.41) is 3.70. The van der Waals surface area contributed by atoms with E-state index in [4.69, 9.17) is 0 Å². The fourth-order valence-corrected chi connectivity index (χ4v) is 2.76. The van der Waals surface area contributed by atoms with Crippen LogP contribution in [0.15, 0.2) is 30.3 Å². The molecule has 1 fully saturated rings. The summed E-state index contributed by atoms with van der Waals surface area (Å²) in [6, 6.07) is 10.8. The van der Waals surface area contributed by atoms with Crippen LogP contribution in [0.3, 0.4) is 0 Å². The molecule has 0 saturated carbocycles. The van der Waals surface area contributed by atoms with Gasteiger partial charge in [-0.2, -0.15) is 0 Å². The first kappa shape index (κ1) is 14.5. The van der Waals surface area contributed by atoms with Gasteiger partial charge in [-0.1, -0.05) is 51.1 Å². The molecular formula is C17H28N2. The highest BCUT2D eigenvalue weighted by molar-refractivity contribution is 5.24. The minimum absolute atomic E-state index is 0.0946. The quantitative estimate of drug-likeness (QED) is 0.897. The normalized spacial score (nSPS) is 25.5. The third-order valence-corrected chi connectivity index (χ3v) is 4.07. The molecule has 2 rings (SSSR count). The lowest BCUT2D eigenvalue weighted by molar-refractivity contribution is 0.128. The fourth-order valence-electron chi connectivity index (χ4n) is 2.76. The van der Waals surface area contributed by atoms with Crippen molar-refractivity contribution >= 4 is 0 Å². The van der Waals surface area contributed by atoms with E-state index >= 15 is 0 Å². The predicted octanol–water partition coefficient (Wildman–Crippen LogP) is 3.24. The molecule has 1 atom stereocenters. The molecule has 0 radical (unpaired) electrons. The average Bonchev–Trinajstić information content (AvgIpc) is 2.37. The Morgan fingerprint density at radius 1 is 1.21 bits per heavy atom. The molecule has 0 bridgehead atoms. The molecule has 1 aliphatic heterocycles. The van der Waals surface area contributed by atoms with Gasteiger partial charge in [0.2, 0.25) is 0 Å². The smallest absolute Gasteiger partial charge is 0.0535 e. The van der Waals surface area contributed by atoms with E-state index in [-0.39, 0.29) is 5.54 Å². The molecule has 0 aliphatic carbocycles. The summed E-state index contributed by atoms with van der Waals surface area (Å²) in [4.78, 5) is 2.61. The molecule has 0 aromatic heterocycles. The standard InChI is InChI=1S/C17H28N2/c1-16(2,3)10-12-19-13-11-18-17(4,14-19)15-8-6-5-7-9-15/h5-9,18H,10-14H2,1-4H3. The molecule has 1 aromatic rings. The molecule has 19 heavy (non-hydrogen) atoms. The molecule has 106 valence electrons. The minimum atomic E-state index is 0.0946. The van der Waals surface area contributed by atoms with Gasteiger partial charge in [-0.3, -0.25) is 4.90 Å². The number of hydrogen-bond acceptors (Lipinski definition) is 2. The summed E-state index contributed by atoms with van der Waals surface area (Å²) in [6.07, 6.45) is 1.26. The number of rotatable bonds is 3. The van der Waals surface area contributed by atoms with Gasteiger partial charge < -0.3 is 5.32 Å². The third-order valence-electron chi connectivity index (χ3n) is 4.07. The van der Waals surface area contributed by atoms with Crippen LogP contribution >= 0.6 is 0 Å². The first-order valence-electron chi connectivity index (χ1n) is 7.42. The average molecular weight is 260 g/mol. The van der Waals surface area contributed by atoms with Gasteiger partial charge in [0.1, 0.15) is 0 Å². The first-order valence-corrected chi connectivity index (χ1v) is 7.42. The van der Waals surface area contributed by atoms with E-state index in [2.05, 4.69) is 68.2 Å². The summed E-state index contributed by atoms with van der Waals surface area (Å²) in [5.41, 5.74) is 1.92. The highest BCUT2D eigenvalue weighted by Crippen LogP contribution is 2.26. The van der Waals surface area contributed by atoms with Gasteiger partial charge in [-0.25, -0.2) is 0 Å². The number of nitrogens with one attached hydrogen (secondary N) is 1. The molecule has 1 heterocycles. The van der Waals surface area contributed by atoms with Crippen molar-refractivity contribution in [2.75, 3.05) is 26.2 Å². The molecule has 1 aliphatic rings. The molecule has 0 spiro atoms. The minimum Gasteiger partial charge on any atom is -0.305 e. The van der Waals surface area contributed by atoms with Crippen LogP contribution in [0.5, 0.6) is 0 Å². The van der Waals surface area contributed by atoms with Gasteiger partial charge in [-0.15, -0.1) is 0 Å². The van der Waals surface area contributed by atoms with Crippen LogP contribution in [0.1, 0.15) is 39.7 Å². The van der Waals surface area contributed by atoms with Crippen molar-refractivity contribution in [1.82, 2.24) is 10.2 Å². The van der Waals surface area contributed by atoms with Crippen molar-refractivity contribution < 1.29 is 0 Å². The largest absolute Gasteiger partial charge is 0.305 e. The summed E-state index contributed by atoms with van der Waals surface area (Å²) in [5.74, 6) is 0. The number of nitrogens with zero attached hydrogens (tertiary/aromatic N) is 1. The SMILES string of the molecule is CC(C)(C)CCN1CCNC(C)(c2ccccc2)C1. The summed E-state index contributed by atoms with van der Waals surface area (Å²) < 4.78 is 0. The summed E-state index contributed by atoms with van der Waals surface area (Å²) in [6.45, 7) is 13.9. The van der Waals surface area contributed by atoms with Gasteiger partial charge in [0, 0.05) is 19.6 Å². The van der Waals surface area contributed by atoms with E-state index in [9.17, 15) is 0 Å². The van der Waals surface area contributed by atoms with E-state index in [0.29, 0.717) is 5.41 Å². The Kier molecular flexibility index (Phi) is 4.32. The lowest BCUT2D eigenvalue weighted by Crippen LogP contribution is -2.56. The molecule has 1 aromatic carbocycles. The van der Waals surface area contributed by atoms with Gasteiger partial charge in [0.15, 0.2) is 0 Å². The summed E-state index contributed by atoms with van der Waals surface area (Å²) >= 11 is 0. The van der Waals surface area contributed by atoms with E-state index in [1.165, 1.54) is 25.1 Å². The maximum Gasteiger partial charge on any atom is 0.0535 e. The van der Waals surface area contributed by atoms with Crippen LogP contribution in [0.2, 0.25) is 0 Å². The van der Waals surface area contributed by atoms with Crippen molar-refractivity contribution in [3.63, 3.8) is 0 Å². The van der Waals surface area contributed by atoms with E-state index in [0.717, 1.165) is 13.1 Å². The predicted molar refractivity (Wildman–Crippen MR) is 82.3 cm³/mol. The molecule has 1 unspecified atom stereocenters. The molecule has 2 heteroatoms. The van der Waals surface area contributed by atoms with Crippen LogP contribution in [0.25, 0.3) is 0 Å². The lowest BCUT2D eigenvalue weighted by Gasteiger charge is -2.42. The highest BCUT2D eigenvalue weighted by Gasteiger charge is 2.32. The maximum absolute atomic E-state index is 3.70. The Morgan fingerprint density at radius 2 is 1.89 bits per heavy atom. The van der Waals surface area contributed by atoms with Crippen molar-refractivity contribution in [3.8, 4) is 0 Å². The van der Waals surface area contributed by atoms with Crippen molar-refractivity contribution in [3.05, 3.63) is 35.9 Å². The van der Waals surface area contributed by atoms with Crippen LogP contribution in [0, 0.1) is 5.41 Å². The van der Waals surface area contributed by atoms with Crippen molar-refractivity contribution in [2.45, 2.75) is 39.7 Å². The van der Waals surface area contributed by atoms with Crippen molar-refractivity contribution in [2.24, 2.45) is 5.41 Å². The van der Waals surface area contributed by atoms with Crippen LogP contribution in [0.4, 0.5) is 0 Å². The second-order valence-electron chi connectivity index (χ2n) is 7.21. The molecular weight excluding hydrogens is 232 g/mol. The fraction of sp³-hybridized carbons (Fsp3) is 0.647. The number of piperazine rings is 1. The van der Waals surface area contributed by atoms with Crippen molar-refractivity contribution in [1.29, 1.82) is 0 Å². The molecule has 1 N–H and O–H groups in total. The lowest BCUT2D eigenvalue weighted by atomic mass is 9.88. The van der Waals surface area contributed by atoms with Gasteiger partial charge >= 0.3 is 0 Å². The zero-order valence-corrected chi connectivity index (χ0v) is 12.9. The number of hydrogen-bond donors (Lipinski definition) is 1. The van der Waals surface area contributed by atoms with E-state index < -0.39 is 0 Å². The monoisotopic (exact) mass is 260 g/mol. The van der Waals surface area contributed by atoms with Gasteiger partial charge in [0.25, 0.3) is 0 Å². The molecule has 2 nitrogen and oxygen atoms in total. The van der Waals surface area contributed by atoms with E-state index in [1.54, 1.807) is 0 Å². The first-order chi connectivity index (χ1) is 8.89. The Labute approximate surface area is 118 Å². The Hall–Kier alpha value is -0.860. The molecule has 1 saturated heterocycles. The zero-order valence-electron chi connectivity index (χ0n) is 12.9. The van der Waals surface area contributed by atoms with Crippen LogP contribution in [-0.4, -0.2) is 31.1 Å². The Balaban J connectivity index is 2.00. The van der Waals surface area contributed by atoms with E-state index in [1.807, 2.05) is 0 Å². The second-order valence-corrected chi connectivity index (χ2v) is 7.21. The molecule has 0 amide bonds. The Bertz CT molecular complexity index is 393. The van der Waals surface area contributed by atoms with Gasteiger partial charge in [0.05, 0.1) is 5.54 Å².